The Morgan fingerprint density at radius 1 is 1.07 bits per heavy atom. The average molecular weight is 407 g/mol. The van der Waals surface area contributed by atoms with E-state index in [-0.39, 0.29) is 6.10 Å². The van der Waals surface area contributed by atoms with E-state index in [9.17, 15) is 0 Å². The molecule has 0 radical (unpaired) electrons. The fourth-order valence-corrected chi connectivity index (χ4v) is 4.69. The van der Waals surface area contributed by atoms with Gasteiger partial charge in [0.25, 0.3) is 0 Å². The van der Waals surface area contributed by atoms with Crippen LogP contribution in [-0.4, -0.2) is 56.9 Å². The first-order valence-electron chi connectivity index (χ1n) is 11.0. The molecule has 1 aliphatic heterocycles. The maximum atomic E-state index is 5.91. The Labute approximate surface area is 177 Å². The Kier molecular flexibility index (Phi) is 5.06. The molecular formula is C23H30N6O. The summed E-state index contributed by atoms with van der Waals surface area (Å²) >= 11 is 0. The van der Waals surface area contributed by atoms with Crippen LogP contribution in [0.15, 0.2) is 24.5 Å². The number of anilines is 1. The van der Waals surface area contributed by atoms with Gasteiger partial charge in [-0.05, 0) is 56.9 Å². The van der Waals surface area contributed by atoms with E-state index in [0.29, 0.717) is 5.88 Å². The predicted molar refractivity (Wildman–Crippen MR) is 118 cm³/mol. The van der Waals surface area contributed by atoms with E-state index >= 15 is 0 Å². The average Bonchev–Trinajstić information content (AvgIpc) is 3.30. The highest BCUT2D eigenvalue weighted by atomic mass is 16.5. The highest BCUT2D eigenvalue weighted by Crippen LogP contribution is 2.29. The van der Waals surface area contributed by atoms with E-state index in [1.165, 1.54) is 35.5 Å². The molecule has 3 heterocycles. The summed E-state index contributed by atoms with van der Waals surface area (Å²) < 4.78 is 8.01. The lowest BCUT2D eigenvalue weighted by Gasteiger charge is -2.36. The summed E-state index contributed by atoms with van der Waals surface area (Å²) in [6.45, 7) is 9.18. The van der Waals surface area contributed by atoms with Crippen molar-refractivity contribution in [3.05, 3.63) is 41.5 Å². The minimum absolute atomic E-state index is 0.0868. The van der Waals surface area contributed by atoms with Crippen molar-refractivity contribution in [1.82, 2.24) is 24.6 Å². The van der Waals surface area contributed by atoms with Crippen LogP contribution in [0.25, 0.3) is 10.9 Å². The van der Waals surface area contributed by atoms with Gasteiger partial charge >= 0.3 is 0 Å². The molecule has 1 aromatic carbocycles. The third-order valence-corrected chi connectivity index (χ3v) is 6.24. The maximum absolute atomic E-state index is 5.91. The standard InChI is InChI=1S/C23H30N6O/c1-16(2)30-23-19-13-17(7-8-20(19)24-15-25-23)29-11-9-28(10-12-29)14-22-18-5-4-6-21(18)26-27(22)3/h7-8,13,15-16H,4-6,9-12,14H2,1-3H3. The molecule has 1 saturated heterocycles. The minimum Gasteiger partial charge on any atom is -0.474 e. The van der Waals surface area contributed by atoms with E-state index in [2.05, 4.69) is 49.7 Å². The molecule has 30 heavy (non-hydrogen) atoms. The van der Waals surface area contributed by atoms with E-state index in [4.69, 9.17) is 9.84 Å². The molecular weight excluding hydrogens is 376 g/mol. The number of fused-ring (bicyclic) bond motifs is 2. The van der Waals surface area contributed by atoms with Crippen molar-refractivity contribution in [3.63, 3.8) is 0 Å². The highest BCUT2D eigenvalue weighted by Gasteiger charge is 2.24. The third kappa shape index (κ3) is 3.62. The van der Waals surface area contributed by atoms with Gasteiger partial charge in [-0.3, -0.25) is 9.58 Å². The molecule has 1 fully saturated rings. The molecule has 0 atom stereocenters. The van der Waals surface area contributed by atoms with Gasteiger partial charge in [0.2, 0.25) is 5.88 Å². The van der Waals surface area contributed by atoms with Crippen LogP contribution in [0.2, 0.25) is 0 Å². The van der Waals surface area contributed by atoms with Crippen LogP contribution in [0.4, 0.5) is 5.69 Å². The fraction of sp³-hybridized carbons (Fsp3) is 0.522. The van der Waals surface area contributed by atoms with Gasteiger partial charge in [0.05, 0.1) is 28.4 Å². The number of ether oxygens (including phenoxy) is 1. The zero-order valence-electron chi connectivity index (χ0n) is 18.1. The van der Waals surface area contributed by atoms with Crippen molar-refractivity contribution in [2.45, 2.75) is 45.8 Å². The van der Waals surface area contributed by atoms with E-state index < -0.39 is 0 Å². The summed E-state index contributed by atoms with van der Waals surface area (Å²) in [5.41, 5.74) is 6.38. The lowest BCUT2D eigenvalue weighted by molar-refractivity contribution is 0.235. The first-order chi connectivity index (χ1) is 14.6. The van der Waals surface area contributed by atoms with Gasteiger partial charge in [0.1, 0.15) is 6.33 Å². The molecule has 5 rings (SSSR count). The summed E-state index contributed by atoms with van der Waals surface area (Å²) in [6, 6.07) is 6.42. The number of aryl methyl sites for hydroxylation is 2. The quantitative estimate of drug-likeness (QED) is 0.649. The zero-order valence-corrected chi connectivity index (χ0v) is 18.1. The SMILES string of the molecule is CC(C)Oc1ncnc2ccc(N3CCN(Cc4c5c(nn4C)CCC5)CC3)cc12. The summed E-state index contributed by atoms with van der Waals surface area (Å²) in [5, 5.41) is 5.72. The zero-order chi connectivity index (χ0) is 20.7. The van der Waals surface area contributed by atoms with Crippen LogP contribution in [0.5, 0.6) is 5.88 Å². The molecule has 7 nitrogen and oxygen atoms in total. The van der Waals surface area contributed by atoms with Crippen molar-refractivity contribution in [1.29, 1.82) is 0 Å². The number of hydrogen-bond donors (Lipinski definition) is 0. The number of rotatable bonds is 5. The monoisotopic (exact) mass is 406 g/mol. The van der Waals surface area contributed by atoms with Crippen molar-refractivity contribution < 1.29 is 4.74 Å². The summed E-state index contributed by atoms with van der Waals surface area (Å²) in [4.78, 5) is 13.8. The number of hydrogen-bond acceptors (Lipinski definition) is 6. The van der Waals surface area contributed by atoms with E-state index in [1.807, 2.05) is 13.8 Å². The smallest absolute Gasteiger partial charge is 0.224 e. The Morgan fingerprint density at radius 3 is 2.70 bits per heavy atom. The molecule has 0 spiro atoms. The highest BCUT2D eigenvalue weighted by molar-refractivity contribution is 5.86. The molecule has 2 aromatic heterocycles. The second kappa shape index (κ2) is 7.87. The normalized spacial score (nSPS) is 17.1. The molecule has 0 N–H and O–H groups in total. The Morgan fingerprint density at radius 2 is 1.90 bits per heavy atom. The second-order valence-corrected chi connectivity index (χ2v) is 8.66. The molecule has 2 aliphatic rings. The number of nitrogens with zero attached hydrogens (tertiary/aromatic N) is 6. The van der Waals surface area contributed by atoms with Gasteiger partial charge in [-0.15, -0.1) is 0 Å². The molecule has 0 unspecified atom stereocenters. The molecule has 3 aromatic rings. The molecule has 0 bridgehead atoms. The van der Waals surface area contributed by atoms with Crippen molar-refractivity contribution in [3.8, 4) is 5.88 Å². The molecule has 0 amide bonds. The third-order valence-electron chi connectivity index (χ3n) is 6.24. The predicted octanol–water partition coefficient (Wildman–Crippen LogP) is 2.96. The fourth-order valence-electron chi connectivity index (χ4n) is 4.69. The van der Waals surface area contributed by atoms with Gasteiger partial charge in [0, 0.05) is 45.5 Å². The van der Waals surface area contributed by atoms with Gasteiger partial charge in [-0.2, -0.15) is 5.10 Å². The Bertz CT molecular complexity index is 1050. The van der Waals surface area contributed by atoms with Gasteiger partial charge in [-0.25, -0.2) is 9.97 Å². The Hall–Kier alpha value is -2.67. The lowest BCUT2D eigenvalue weighted by atomic mass is 10.1. The molecule has 1 aliphatic carbocycles. The maximum Gasteiger partial charge on any atom is 0.224 e. The Balaban J connectivity index is 1.29. The lowest BCUT2D eigenvalue weighted by Crippen LogP contribution is -2.46. The van der Waals surface area contributed by atoms with Crippen LogP contribution in [-0.2, 0) is 26.4 Å². The van der Waals surface area contributed by atoms with Gasteiger partial charge in [-0.1, -0.05) is 0 Å². The van der Waals surface area contributed by atoms with Gasteiger partial charge in [0.15, 0.2) is 0 Å². The molecule has 7 heteroatoms. The first-order valence-corrected chi connectivity index (χ1v) is 11.0. The van der Waals surface area contributed by atoms with E-state index in [0.717, 1.165) is 50.0 Å². The minimum atomic E-state index is 0.0868. The van der Waals surface area contributed by atoms with Crippen LogP contribution in [0.1, 0.15) is 37.2 Å². The van der Waals surface area contributed by atoms with Crippen LogP contribution in [0, 0.1) is 0 Å². The van der Waals surface area contributed by atoms with Crippen LogP contribution in [0.3, 0.4) is 0 Å². The first kappa shape index (κ1) is 19.3. The molecule has 158 valence electrons. The second-order valence-electron chi connectivity index (χ2n) is 8.66. The summed E-state index contributed by atoms with van der Waals surface area (Å²) in [5.74, 6) is 0.667. The summed E-state index contributed by atoms with van der Waals surface area (Å²) in [6.07, 6.45) is 5.26. The topological polar surface area (TPSA) is 59.3 Å². The van der Waals surface area contributed by atoms with Crippen molar-refractivity contribution in [2.75, 3.05) is 31.1 Å². The number of benzene rings is 1. The summed E-state index contributed by atoms with van der Waals surface area (Å²) in [7, 11) is 2.10. The molecule has 0 saturated carbocycles. The van der Waals surface area contributed by atoms with Crippen molar-refractivity contribution >= 4 is 16.6 Å². The number of piperazine rings is 1. The van der Waals surface area contributed by atoms with Crippen molar-refractivity contribution in [2.24, 2.45) is 7.05 Å². The largest absolute Gasteiger partial charge is 0.474 e. The van der Waals surface area contributed by atoms with Crippen LogP contribution < -0.4 is 9.64 Å². The van der Waals surface area contributed by atoms with Crippen LogP contribution >= 0.6 is 0 Å². The number of aromatic nitrogens is 4. The van der Waals surface area contributed by atoms with Gasteiger partial charge < -0.3 is 9.64 Å². The van der Waals surface area contributed by atoms with E-state index in [1.54, 1.807) is 6.33 Å².